The number of carboxylic acids is 1. The van der Waals surface area contributed by atoms with Crippen molar-refractivity contribution in [3.05, 3.63) is 66.2 Å². The molecule has 0 saturated heterocycles. The first kappa shape index (κ1) is 23.0. The number of ether oxygens (including phenoxy) is 4. The molecule has 1 heterocycles. The summed E-state index contributed by atoms with van der Waals surface area (Å²) in [5, 5.41) is 20.3. The van der Waals surface area contributed by atoms with Gasteiger partial charge in [0, 0.05) is 28.5 Å². The smallest absolute Gasteiger partial charge is 0.328 e. The van der Waals surface area contributed by atoms with Crippen LogP contribution in [0.5, 0.6) is 34.5 Å². The maximum absolute atomic E-state index is 10.9. The molecule has 2 N–H and O–H groups in total. The molecule has 0 radical (unpaired) electrons. The number of aliphatic carboxylic acids is 1. The highest BCUT2D eigenvalue weighted by atomic mass is 32.1. The zero-order valence-corrected chi connectivity index (χ0v) is 19.5. The van der Waals surface area contributed by atoms with Crippen molar-refractivity contribution >= 4 is 33.5 Å². The van der Waals surface area contributed by atoms with Crippen molar-refractivity contribution < 1.29 is 34.0 Å². The van der Waals surface area contributed by atoms with E-state index in [1.165, 1.54) is 24.5 Å². The number of carboxylic acid groups (broad SMARTS) is 1. The van der Waals surface area contributed by atoms with Crippen molar-refractivity contribution in [3.8, 4) is 44.9 Å². The Bertz CT molecular complexity index is 1370. The van der Waals surface area contributed by atoms with E-state index in [1.807, 2.05) is 30.3 Å². The number of aromatic hydroxyl groups is 1. The third kappa shape index (κ3) is 4.62. The minimum Gasteiger partial charge on any atom is -0.507 e. The summed E-state index contributed by atoms with van der Waals surface area (Å²) in [4.78, 5) is 11.7. The molecule has 0 aliphatic carbocycles. The number of phenolic OH excluding ortho intramolecular Hbond substituents is 1. The highest BCUT2D eigenvalue weighted by molar-refractivity contribution is 7.22. The van der Waals surface area contributed by atoms with Crippen LogP contribution < -0.4 is 18.9 Å². The number of hydrogen-bond donors (Lipinski definition) is 2. The lowest BCUT2D eigenvalue weighted by Crippen LogP contribution is -1.92. The molecule has 34 heavy (non-hydrogen) atoms. The fraction of sp³-hybridized carbons (Fsp3) is 0.115. The number of benzene rings is 3. The van der Waals surface area contributed by atoms with E-state index in [2.05, 4.69) is 0 Å². The van der Waals surface area contributed by atoms with Crippen molar-refractivity contribution in [2.45, 2.75) is 0 Å². The lowest BCUT2D eigenvalue weighted by atomic mass is 10.1. The van der Waals surface area contributed by atoms with Crippen LogP contribution in [0.25, 0.3) is 26.6 Å². The summed E-state index contributed by atoms with van der Waals surface area (Å²) in [5.41, 5.74) is 1.48. The van der Waals surface area contributed by atoms with Crippen LogP contribution in [-0.2, 0) is 4.79 Å². The number of fused-ring (bicyclic) bond motifs is 1. The summed E-state index contributed by atoms with van der Waals surface area (Å²) in [6.45, 7) is 0. The second-order valence-corrected chi connectivity index (χ2v) is 8.24. The van der Waals surface area contributed by atoms with Gasteiger partial charge < -0.3 is 29.2 Å². The summed E-state index contributed by atoms with van der Waals surface area (Å²) in [5.74, 6) is 1.65. The summed E-state index contributed by atoms with van der Waals surface area (Å²) in [6.07, 6.45) is 2.49. The van der Waals surface area contributed by atoms with E-state index in [9.17, 15) is 9.90 Å². The number of rotatable bonds is 8. The number of methoxy groups -OCH3 is 3. The van der Waals surface area contributed by atoms with Crippen LogP contribution >= 0.6 is 11.3 Å². The Morgan fingerprint density at radius 3 is 2.24 bits per heavy atom. The Morgan fingerprint density at radius 2 is 1.59 bits per heavy atom. The quantitative estimate of drug-likeness (QED) is 0.292. The van der Waals surface area contributed by atoms with E-state index in [0.717, 1.165) is 27.0 Å². The van der Waals surface area contributed by atoms with E-state index in [-0.39, 0.29) is 5.75 Å². The van der Waals surface area contributed by atoms with E-state index >= 15 is 0 Å². The van der Waals surface area contributed by atoms with E-state index in [4.69, 9.17) is 24.1 Å². The van der Waals surface area contributed by atoms with E-state index < -0.39 is 5.97 Å². The van der Waals surface area contributed by atoms with Crippen molar-refractivity contribution in [1.82, 2.24) is 0 Å². The van der Waals surface area contributed by atoms with E-state index in [1.54, 1.807) is 38.5 Å². The minimum atomic E-state index is -1.05. The van der Waals surface area contributed by atoms with Crippen molar-refractivity contribution in [2.24, 2.45) is 0 Å². The van der Waals surface area contributed by atoms with Crippen LogP contribution in [-0.4, -0.2) is 37.5 Å². The Balaban J connectivity index is 1.84. The Kier molecular flexibility index (Phi) is 6.60. The molecule has 7 nitrogen and oxygen atoms in total. The van der Waals surface area contributed by atoms with Crippen molar-refractivity contribution in [3.63, 3.8) is 0 Å². The lowest BCUT2D eigenvalue weighted by Gasteiger charge is -2.12. The van der Waals surface area contributed by atoms with Gasteiger partial charge in [0.15, 0.2) is 5.75 Å². The SMILES string of the molecule is COc1ccc(-c2sc3cc(OC)cc(O)c3c2Oc2ccc(C=CC(=O)O)c(OC)c2)cc1. The third-order valence-electron chi connectivity index (χ3n) is 5.12. The van der Waals surface area contributed by atoms with Gasteiger partial charge in [0.1, 0.15) is 28.7 Å². The fourth-order valence-corrected chi connectivity index (χ4v) is 4.66. The second kappa shape index (κ2) is 9.76. The average Bonchev–Trinajstić information content (AvgIpc) is 3.21. The van der Waals surface area contributed by atoms with Gasteiger partial charge in [0.2, 0.25) is 0 Å². The fourth-order valence-electron chi connectivity index (χ4n) is 3.47. The van der Waals surface area contributed by atoms with Gasteiger partial charge in [-0.05, 0) is 54.1 Å². The largest absolute Gasteiger partial charge is 0.507 e. The highest BCUT2D eigenvalue weighted by Crippen LogP contribution is 2.51. The molecule has 174 valence electrons. The van der Waals surface area contributed by atoms with Gasteiger partial charge >= 0.3 is 5.97 Å². The van der Waals surface area contributed by atoms with Crippen LogP contribution in [0.3, 0.4) is 0 Å². The first-order valence-corrected chi connectivity index (χ1v) is 11.0. The molecule has 0 fully saturated rings. The monoisotopic (exact) mass is 478 g/mol. The topological polar surface area (TPSA) is 94.5 Å². The summed E-state index contributed by atoms with van der Waals surface area (Å²) >= 11 is 1.46. The third-order valence-corrected chi connectivity index (χ3v) is 6.29. The van der Waals surface area contributed by atoms with Gasteiger partial charge in [-0.15, -0.1) is 11.3 Å². The number of hydrogen-bond acceptors (Lipinski definition) is 7. The predicted molar refractivity (Wildman–Crippen MR) is 132 cm³/mol. The lowest BCUT2D eigenvalue weighted by molar-refractivity contribution is -0.131. The first-order valence-electron chi connectivity index (χ1n) is 10.2. The molecule has 4 rings (SSSR count). The molecule has 1 aromatic heterocycles. The molecule has 3 aromatic carbocycles. The number of phenols is 1. The Hall–Kier alpha value is -4.17. The molecular weight excluding hydrogens is 456 g/mol. The van der Waals surface area contributed by atoms with Gasteiger partial charge in [-0.2, -0.15) is 0 Å². The molecule has 0 unspecified atom stereocenters. The van der Waals surface area contributed by atoms with Crippen LogP contribution in [0, 0.1) is 0 Å². The number of carbonyl (C=O) groups is 1. The maximum Gasteiger partial charge on any atom is 0.328 e. The Morgan fingerprint density at radius 1 is 0.882 bits per heavy atom. The Labute approximate surface area is 200 Å². The molecule has 4 aromatic rings. The standard InChI is InChI=1S/C26H22O7S/c1-30-17-8-5-16(6-9-17)26-25(24-20(27)12-19(31-2)14-22(24)34-26)33-18-10-4-15(7-11-23(28)29)21(13-18)32-3/h4-14,27H,1-3H3,(H,28,29). The summed E-state index contributed by atoms with van der Waals surface area (Å²) in [6, 6.07) is 16.0. The predicted octanol–water partition coefficient (Wildman–Crippen LogP) is 6.19. The minimum absolute atomic E-state index is 0.0355. The summed E-state index contributed by atoms with van der Waals surface area (Å²) in [7, 11) is 4.65. The molecule has 0 aliphatic heterocycles. The van der Waals surface area contributed by atoms with Gasteiger partial charge in [-0.3, -0.25) is 0 Å². The van der Waals surface area contributed by atoms with Gasteiger partial charge in [0.25, 0.3) is 0 Å². The molecule has 0 amide bonds. The van der Waals surface area contributed by atoms with Crippen LogP contribution in [0.15, 0.2) is 60.7 Å². The maximum atomic E-state index is 10.9. The molecule has 0 saturated carbocycles. The van der Waals surface area contributed by atoms with Crippen LogP contribution in [0.4, 0.5) is 0 Å². The van der Waals surface area contributed by atoms with Gasteiger partial charge in [-0.1, -0.05) is 0 Å². The van der Waals surface area contributed by atoms with Crippen LogP contribution in [0.2, 0.25) is 0 Å². The zero-order valence-electron chi connectivity index (χ0n) is 18.7. The van der Waals surface area contributed by atoms with E-state index in [0.29, 0.717) is 33.9 Å². The first-order chi connectivity index (χ1) is 16.4. The normalized spacial score (nSPS) is 11.0. The molecule has 0 aliphatic rings. The zero-order chi connectivity index (χ0) is 24.2. The van der Waals surface area contributed by atoms with Crippen molar-refractivity contribution in [2.75, 3.05) is 21.3 Å². The van der Waals surface area contributed by atoms with Crippen LogP contribution in [0.1, 0.15) is 5.56 Å². The number of thiophene rings is 1. The molecule has 0 bridgehead atoms. The van der Waals surface area contributed by atoms with Gasteiger partial charge in [-0.25, -0.2) is 4.79 Å². The summed E-state index contributed by atoms with van der Waals surface area (Å²) < 4.78 is 23.1. The highest BCUT2D eigenvalue weighted by Gasteiger charge is 2.21. The average molecular weight is 479 g/mol. The van der Waals surface area contributed by atoms with Gasteiger partial charge in [0.05, 0.1) is 31.6 Å². The molecular formula is C26H22O7S. The second-order valence-electron chi connectivity index (χ2n) is 7.19. The molecule has 8 heteroatoms. The van der Waals surface area contributed by atoms with Crippen molar-refractivity contribution in [1.29, 1.82) is 0 Å². The molecule has 0 atom stereocenters. The molecule has 0 spiro atoms.